The van der Waals surface area contributed by atoms with Crippen molar-refractivity contribution in [2.45, 2.75) is 116 Å². The number of carbonyl (C=O) groups is 4. The number of benzene rings is 1. The number of hydrogen-bond donors (Lipinski definition) is 0. The first kappa shape index (κ1) is 41.4. The predicted molar refractivity (Wildman–Crippen MR) is 215 cm³/mol. The van der Waals surface area contributed by atoms with Crippen molar-refractivity contribution in [1.82, 2.24) is 4.90 Å². The lowest BCUT2D eigenvalue weighted by molar-refractivity contribution is -0.216. The SMILES string of the molecule is COC(=O)C(C)=CCC12OC(C)(C)C3CC(C1=O)C(N1CCOCC1)C1C(=O)c4c(OC(=O)CCl)c5c(c(CC=C(C)C)c4OC132)OC(C)(CCC=C(C)C)C=C5. The minimum atomic E-state index is -1.64. The maximum Gasteiger partial charge on any atom is 0.333 e. The first-order valence-electron chi connectivity index (χ1n) is 20.1. The van der Waals surface area contributed by atoms with Gasteiger partial charge in [-0.15, -0.1) is 11.6 Å². The normalized spacial score (nSPS) is 32.0. The number of Topliss-reactive ketones (excluding diaryl/α,β-unsaturated/α-hetero) is 2. The minimum absolute atomic E-state index is 0.0118. The van der Waals surface area contributed by atoms with E-state index in [4.69, 9.17) is 40.0 Å². The number of hydrogen-bond acceptors (Lipinski definition) is 11. The highest BCUT2D eigenvalue weighted by molar-refractivity contribution is 6.26. The molecule has 4 aliphatic heterocycles. The van der Waals surface area contributed by atoms with Crippen molar-refractivity contribution in [3.63, 3.8) is 0 Å². The average Bonchev–Trinajstić information content (AvgIpc) is 3.31. The van der Waals surface area contributed by atoms with Gasteiger partial charge in [0.2, 0.25) is 0 Å². The van der Waals surface area contributed by atoms with Crippen molar-refractivity contribution in [1.29, 1.82) is 0 Å². The summed E-state index contributed by atoms with van der Waals surface area (Å²) in [5.74, 6) is -3.35. The summed E-state index contributed by atoms with van der Waals surface area (Å²) in [6.45, 7) is 17.6. The molecule has 5 fully saturated rings. The molecule has 1 aromatic carbocycles. The monoisotopic (exact) mass is 805 g/mol. The molecule has 0 radical (unpaired) electrons. The molecule has 12 heteroatoms. The van der Waals surface area contributed by atoms with Crippen LogP contribution in [0.4, 0.5) is 0 Å². The Bertz CT molecular complexity index is 2000. The van der Waals surface area contributed by atoms with Crippen molar-refractivity contribution in [2.24, 2.45) is 17.8 Å². The molecule has 0 amide bonds. The second-order valence-corrected chi connectivity index (χ2v) is 17.9. The topological polar surface area (TPSA) is 127 Å². The average molecular weight is 806 g/mol. The molecule has 2 saturated heterocycles. The molecule has 7 unspecified atom stereocenters. The molecule has 7 aliphatic rings. The number of esters is 2. The summed E-state index contributed by atoms with van der Waals surface area (Å²) < 4.78 is 38.6. The van der Waals surface area contributed by atoms with Gasteiger partial charge in [0.05, 0.1) is 37.4 Å². The molecule has 0 N–H and O–H groups in total. The van der Waals surface area contributed by atoms with Crippen molar-refractivity contribution < 1.29 is 47.6 Å². The van der Waals surface area contributed by atoms with Crippen LogP contribution >= 0.6 is 11.6 Å². The van der Waals surface area contributed by atoms with Gasteiger partial charge in [0.25, 0.3) is 0 Å². The third-order valence-corrected chi connectivity index (χ3v) is 13.2. The highest BCUT2D eigenvalue weighted by Gasteiger charge is 2.86. The summed E-state index contributed by atoms with van der Waals surface area (Å²) in [5, 5.41) is 0. The van der Waals surface area contributed by atoms with Gasteiger partial charge in [0, 0.05) is 48.5 Å². The lowest BCUT2D eigenvalue weighted by Crippen LogP contribution is -2.82. The number of alkyl halides is 1. The van der Waals surface area contributed by atoms with Gasteiger partial charge < -0.3 is 28.4 Å². The lowest BCUT2D eigenvalue weighted by atomic mass is 9.44. The molecule has 4 bridgehead atoms. The fourth-order valence-corrected chi connectivity index (χ4v) is 10.5. The van der Waals surface area contributed by atoms with Gasteiger partial charge in [0.15, 0.2) is 28.5 Å². The van der Waals surface area contributed by atoms with Crippen LogP contribution in [0.1, 0.15) is 103 Å². The second-order valence-electron chi connectivity index (χ2n) is 17.7. The van der Waals surface area contributed by atoms with E-state index in [1.54, 1.807) is 13.0 Å². The van der Waals surface area contributed by atoms with E-state index in [2.05, 4.69) is 24.8 Å². The van der Waals surface area contributed by atoms with Crippen LogP contribution in [-0.2, 0) is 35.0 Å². The summed E-state index contributed by atoms with van der Waals surface area (Å²) in [6, 6.07) is -0.548. The Labute approximate surface area is 340 Å². The van der Waals surface area contributed by atoms with E-state index in [1.807, 2.05) is 52.8 Å². The Hall–Kier alpha value is -3.77. The van der Waals surface area contributed by atoms with Gasteiger partial charge in [-0.25, -0.2) is 4.79 Å². The summed E-state index contributed by atoms with van der Waals surface area (Å²) in [4.78, 5) is 59.6. The van der Waals surface area contributed by atoms with Crippen LogP contribution in [0.15, 0.2) is 41.0 Å². The largest absolute Gasteiger partial charge is 0.482 e. The van der Waals surface area contributed by atoms with Gasteiger partial charge in [-0.1, -0.05) is 29.4 Å². The molecule has 0 aromatic heterocycles. The summed E-state index contributed by atoms with van der Waals surface area (Å²) in [5.41, 5.74) is -1.05. The maximum absolute atomic E-state index is 16.1. The van der Waals surface area contributed by atoms with E-state index in [0.717, 1.165) is 12.0 Å². The van der Waals surface area contributed by atoms with E-state index >= 15 is 9.59 Å². The Morgan fingerprint density at radius 3 is 2.33 bits per heavy atom. The number of rotatable bonds is 11. The fraction of sp³-hybridized carbons (Fsp3) is 0.600. The van der Waals surface area contributed by atoms with Crippen molar-refractivity contribution in [3.8, 4) is 17.2 Å². The van der Waals surface area contributed by atoms with Crippen LogP contribution < -0.4 is 14.2 Å². The minimum Gasteiger partial charge on any atom is -0.482 e. The predicted octanol–water partition coefficient (Wildman–Crippen LogP) is 7.16. The molecule has 1 aromatic rings. The van der Waals surface area contributed by atoms with Gasteiger partial charge in [-0.3, -0.25) is 19.3 Å². The molecule has 4 heterocycles. The molecule has 3 aliphatic carbocycles. The van der Waals surface area contributed by atoms with Crippen molar-refractivity contribution >= 4 is 41.2 Å². The summed E-state index contributed by atoms with van der Waals surface area (Å²) >= 11 is 6.08. The van der Waals surface area contributed by atoms with Crippen LogP contribution in [-0.4, -0.2) is 96.1 Å². The maximum atomic E-state index is 16.1. The number of nitrogens with zero attached hydrogens (tertiary/aromatic N) is 1. The van der Waals surface area contributed by atoms with E-state index in [-0.39, 0.29) is 35.0 Å². The van der Waals surface area contributed by atoms with Gasteiger partial charge >= 0.3 is 11.9 Å². The Kier molecular flexibility index (Phi) is 11.0. The highest BCUT2D eigenvalue weighted by atomic mass is 35.5. The molecular formula is C45H56ClNO10. The summed E-state index contributed by atoms with van der Waals surface area (Å²) in [7, 11) is 1.31. The number of carbonyl (C=O) groups excluding carboxylic acids is 4. The smallest absolute Gasteiger partial charge is 0.333 e. The zero-order chi connectivity index (χ0) is 41.2. The Morgan fingerprint density at radius 2 is 1.68 bits per heavy atom. The number of ketones is 2. The number of ether oxygens (including phenoxy) is 6. The Balaban J connectivity index is 1.53. The molecule has 3 saturated carbocycles. The zero-order valence-corrected chi connectivity index (χ0v) is 35.4. The molecule has 8 rings (SSSR count). The van der Waals surface area contributed by atoms with Gasteiger partial charge in [-0.2, -0.15) is 0 Å². The van der Waals surface area contributed by atoms with E-state index in [1.165, 1.54) is 12.7 Å². The highest BCUT2D eigenvalue weighted by Crippen LogP contribution is 2.71. The first-order chi connectivity index (χ1) is 26.9. The second kappa shape index (κ2) is 15.1. The van der Waals surface area contributed by atoms with Crippen molar-refractivity contribution in [3.05, 3.63) is 57.7 Å². The first-order valence-corrected chi connectivity index (χ1v) is 20.7. The van der Waals surface area contributed by atoms with Crippen LogP contribution in [0, 0.1) is 17.8 Å². The van der Waals surface area contributed by atoms with Crippen molar-refractivity contribution in [2.75, 3.05) is 39.3 Å². The quantitative estimate of drug-likeness (QED) is 0.0744. The van der Waals surface area contributed by atoms with Crippen LogP contribution in [0.2, 0.25) is 0 Å². The fourth-order valence-electron chi connectivity index (χ4n) is 10.5. The third-order valence-electron chi connectivity index (χ3n) is 13.0. The van der Waals surface area contributed by atoms with E-state index in [0.29, 0.717) is 68.0 Å². The molecule has 1 spiro atoms. The number of allylic oxidation sites excluding steroid dienone is 4. The number of fused-ring (bicyclic) bond motifs is 2. The Morgan fingerprint density at radius 1 is 0.982 bits per heavy atom. The zero-order valence-electron chi connectivity index (χ0n) is 34.7. The standard InChI is InChI=1S/C45H56ClNO10/c1-25(2)11-10-16-43(8)17-15-29-37(55-43)28(13-12-26(3)4)39-33(38(29)54-32(48)24-46)36(49)34-35(47-19-21-53-22-20-47)30-23-31-42(6,7)57-44(40(30)50,45(31,34)56-39)18-14-27(5)41(51)52-9/h11-12,14-15,17,30-31,34-35H,10,13,16,18-24H2,1-9H3. The number of halogens is 1. The number of methoxy groups -OCH3 is 1. The number of morpholine rings is 1. The molecule has 308 valence electrons. The van der Waals surface area contributed by atoms with Gasteiger partial charge in [0.1, 0.15) is 28.5 Å². The van der Waals surface area contributed by atoms with Crippen LogP contribution in [0.5, 0.6) is 17.2 Å². The lowest BCUT2D eigenvalue weighted by Gasteiger charge is -2.64. The van der Waals surface area contributed by atoms with E-state index in [9.17, 15) is 9.59 Å². The third kappa shape index (κ3) is 6.61. The molecular weight excluding hydrogens is 750 g/mol. The van der Waals surface area contributed by atoms with E-state index < -0.39 is 64.0 Å². The van der Waals surface area contributed by atoms with Crippen LogP contribution in [0.25, 0.3) is 6.08 Å². The molecule has 11 nitrogen and oxygen atoms in total. The molecule has 57 heavy (non-hydrogen) atoms. The summed E-state index contributed by atoms with van der Waals surface area (Å²) in [6.07, 6.45) is 11.9. The molecule has 7 atom stereocenters. The van der Waals surface area contributed by atoms with Gasteiger partial charge in [-0.05, 0) is 93.2 Å². The van der Waals surface area contributed by atoms with Crippen LogP contribution in [0.3, 0.4) is 0 Å².